The van der Waals surface area contributed by atoms with Gasteiger partial charge in [0.15, 0.2) is 0 Å². The van der Waals surface area contributed by atoms with Crippen LogP contribution < -0.4 is 16.2 Å². The van der Waals surface area contributed by atoms with Gasteiger partial charge in [0.25, 0.3) is 11.5 Å². The van der Waals surface area contributed by atoms with Crippen LogP contribution in [-0.2, 0) is 6.54 Å². The molecule has 0 spiro atoms. The van der Waals surface area contributed by atoms with E-state index in [4.69, 9.17) is 0 Å². The molecular weight excluding hydrogens is 406 g/mol. The number of pyridine rings is 2. The maximum absolute atomic E-state index is 13.1. The van der Waals surface area contributed by atoms with Gasteiger partial charge in [0.1, 0.15) is 5.69 Å². The van der Waals surface area contributed by atoms with Crippen LogP contribution in [0.4, 0.5) is 16.2 Å². The Morgan fingerprint density at radius 3 is 2.56 bits per heavy atom. The van der Waals surface area contributed by atoms with E-state index in [0.717, 1.165) is 12.1 Å². The smallest absolute Gasteiger partial charge is 0.323 e. The summed E-state index contributed by atoms with van der Waals surface area (Å²) in [5.74, 6) is 0.246. The number of piperidine rings is 1. The van der Waals surface area contributed by atoms with E-state index in [1.807, 2.05) is 29.2 Å². The Kier molecular flexibility index (Phi) is 5.18. The average molecular weight is 429 g/mol. The number of urea groups is 1. The minimum absolute atomic E-state index is 0.0283. The van der Waals surface area contributed by atoms with Crippen molar-refractivity contribution >= 4 is 23.3 Å². The molecular formula is C24H23N5O3. The summed E-state index contributed by atoms with van der Waals surface area (Å²) in [6, 6.07) is 15.7. The van der Waals surface area contributed by atoms with Crippen LogP contribution in [-0.4, -0.2) is 39.5 Å². The summed E-state index contributed by atoms with van der Waals surface area (Å²) in [5.41, 5.74) is 2.16. The Bertz CT molecular complexity index is 1210. The molecule has 0 saturated carbocycles. The van der Waals surface area contributed by atoms with Crippen molar-refractivity contribution in [3.8, 4) is 0 Å². The largest absolute Gasteiger partial charge is 0.338 e. The van der Waals surface area contributed by atoms with Crippen molar-refractivity contribution in [3.63, 3.8) is 0 Å². The lowest BCUT2D eigenvalue weighted by Gasteiger charge is -2.42. The number of nitrogens with one attached hydrogen (secondary N) is 2. The van der Waals surface area contributed by atoms with E-state index in [0.29, 0.717) is 30.9 Å². The van der Waals surface area contributed by atoms with Crippen LogP contribution in [0.3, 0.4) is 0 Å². The standard InChI is InChI=1S/C24H23N5O3/c30-22(17-5-4-10-25-12-17)28-13-16-11-18(15-28)21-9-8-20(23(31)29(21)14-16)27-24(32)26-19-6-2-1-3-7-19/h1-10,12,16,18H,11,13-15H2,(H2,26,27,32). The Labute approximate surface area is 184 Å². The molecule has 0 radical (unpaired) electrons. The molecule has 1 fully saturated rings. The summed E-state index contributed by atoms with van der Waals surface area (Å²) >= 11 is 0. The molecule has 4 heterocycles. The lowest BCUT2D eigenvalue weighted by atomic mass is 9.83. The number of hydrogen-bond donors (Lipinski definition) is 2. The number of benzene rings is 1. The molecule has 2 aliphatic heterocycles. The molecule has 3 aromatic rings. The van der Waals surface area contributed by atoms with Gasteiger partial charge in [-0.2, -0.15) is 0 Å². The third-order valence-electron chi connectivity index (χ3n) is 6.08. The lowest BCUT2D eigenvalue weighted by molar-refractivity contribution is 0.0594. The predicted octanol–water partition coefficient (Wildman–Crippen LogP) is 3.15. The molecule has 8 heteroatoms. The van der Waals surface area contributed by atoms with Gasteiger partial charge in [-0.1, -0.05) is 18.2 Å². The first kappa shape index (κ1) is 20.0. The first-order valence-corrected chi connectivity index (χ1v) is 10.6. The Balaban J connectivity index is 1.34. The van der Waals surface area contributed by atoms with Crippen LogP contribution in [0.15, 0.2) is 71.8 Å². The van der Waals surface area contributed by atoms with E-state index in [9.17, 15) is 14.4 Å². The van der Waals surface area contributed by atoms with Crippen molar-refractivity contribution in [2.45, 2.75) is 18.9 Å². The van der Waals surface area contributed by atoms with E-state index in [-0.39, 0.29) is 29.0 Å². The third-order valence-corrected chi connectivity index (χ3v) is 6.08. The number of nitrogens with zero attached hydrogens (tertiary/aromatic N) is 3. The average Bonchev–Trinajstić information content (AvgIpc) is 2.82. The number of likely N-dealkylation sites (tertiary alicyclic amines) is 1. The first-order valence-electron chi connectivity index (χ1n) is 10.6. The lowest BCUT2D eigenvalue weighted by Crippen LogP contribution is -2.49. The molecule has 1 saturated heterocycles. The van der Waals surface area contributed by atoms with Crippen LogP contribution >= 0.6 is 0 Å². The molecule has 5 rings (SSSR count). The molecule has 2 aliphatic rings. The molecule has 3 amide bonds. The zero-order chi connectivity index (χ0) is 22.1. The highest BCUT2D eigenvalue weighted by Gasteiger charge is 2.37. The minimum Gasteiger partial charge on any atom is -0.338 e. The fourth-order valence-electron chi connectivity index (χ4n) is 4.68. The van der Waals surface area contributed by atoms with Gasteiger partial charge in [0, 0.05) is 49.3 Å². The summed E-state index contributed by atoms with van der Waals surface area (Å²) in [7, 11) is 0. The number of hydrogen-bond acceptors (Lipinski definition) is 4. The van der Waals surface area contributed by atoms with Crippen molar-refractivity contribution in [2.24, 2.45) is 5.92 Å². The van der Waals surface area contributed by atoms with Gasteiger partial charge in [0.2, 0.25) is 0 Å². The highest BCUT2D eigenvalue weighted by Crippen LogP contribution is 2.36. The molecule has 2 unspecified atom stereocenters. The zero-order valence-corrected chi connectivity index (χ0v) is 17.4. The van der Waals surface area contributed by atoms with Crippen molar-refractivity contribution in [2.75, 3.05) is 23.7 Å². The fraction of sp³-hybridized carbons (Fsp3) is 0.250. The Morgan fingerprint density at radius 1 is 0.938 bits per heavy atom. The van der Waals surface area contributed by atoms with Crippen molar-refractivity contribution in [3.05, 3.63) is 88.6 Å². The van der Waals surface area contributed by atoms with E-state index >= 15 is 0 Å². The van der Waals surface area contributed by atoms with Crippen LogP contribution in [0, 0.1) is 5.92 Å². The molecule has 2 N–H and O–H groups in total. The second-order valence-corrected chi connectivity index (χ2v) is 8.28. The molecule has 0 aliphatic carbocycles. The van der Waals surface area contributed by atoms with Gasteiger partial charge in [-0.15, -0.1) is 0 Å². The van der Waals surface area contributed by atoms with Gasteiger partial charge in [0.05, 0.1) is 5.56 Å². The third kappa shape index (κ3) is 3.87. The maximum atomic E-state index is 13.1. The van der Waals surface area contributed by atoms with Gasteiger partial charge in [-0.25, -0.2) is 4.79 Å². The molecule has 162 valence electrons. The second-order valence-electron chi connectivity index (χ2n) is 8.28. The topological polar surface area (TPSA) is 96.3 Å². The maximum Gasteiger partial charge on any atom is 0.323 e. The molecule has 32 heavy (non-hydrogen) atoms. The van der Waals surface area contributed by atoms with E-state index in [2.05, 4.69) is 15.6 Å². The predicted molar refractivity (Wildman–Crippen MR) is 121 cm³/mol. The quantitative estimate of drug-likeness (QED) is 0.669. The van der Waals surface area contributed by atoms with E-state index in [1.165, 1.54) is 0 Å². The second kappa shape index (κ2) is 8.30. The number of carbonyl (C=O) groups is 2. The fourth-order valence-corrected chi connectivity index (χ4v) is 4.68. The normalized spacial score (nSPS) is 19.1. The highest BCUT2D eigenvalue weighted by molar-refractivity contribution is 5.99. The monoisotopic (exact) mass is 429 g/mol. The molecule has 2 bridgehead atoms. The number of rotatable bonds is 3. The molecule has 2 atom stereocenters. The number of carbonyl (C=O) groups excluding carboxylic acids is 2. The van der Waals surface area contributed by atoms with Crippen molar-refractivity contribution in [1.29, 1.82) is 0 Å². The van der Waals surface area contributed by atoms with Crippen molar-refractivity contribution < 1.29 is 9.59 Å². The Morgan fingerprint density at radius 2 is 1.78 bits per heavy atom. The molecule has 8 nitrogen and oxygen atoms in total. The van der Waals surface area contributed by atoms with Gasteiger partial charge in [-0.05, 0) is 48.7 Å². The first-order chi connectivity index (χ1) is 15.6. The van der Waals surface area contributed by atoms with E-state index in [1.54, 1.807) is 47.3 Å². The van der Waals surface area contributed by atoms with Gasteiger partial charge >= 0.3 is 6.03 Å². The number of fused-ring (bicyclic) bond motifs is 4. The Hall–Kier alpha value is -3.94. The van der Waals surface area contributed by atoms with Crippen LogP contribution in [0.25, 0.3) is 0 Å². The molecule has 1 aromatic carbocycles. The summed E-state index contributed by atoms with van der Waals surface area (Å²) in [4.78, 5) is 44.2. The summed E-state index contributed by atoms with van der Waals surface area (Å²) in [6.07, 6.45) is 4.18. The van der Waals surface area contributed by atoms with E-state index < -0.39 is 6.03 Å². The molecule has 2 aromatic heterocycles. The number of para-hydroxylation sites is 1. The summed E-state index contributed by atoms with van der Waals surface area (Å²) in [6.45, 7) is 1.69. The summed E-state index contributed by atoms with van der Waals surface area (Å²) < 4.78 is 1.75. The summed E-state index contributed by atoms with van der Waals surface area (Å²) in [5, 5.41) is 5.39. The van der Waals surface area contributed by atoms with Crippen LogP contribution in [0.1, 0.15) is 28.4 Å². The number of anilines is 2. The van der Waals surface area contributed by atoms with Gasteiger partial charge < -0.3 is 20.1 Å². The SMILES string of the molecule is O=C(Nc1ccccc1)Nc1ccc2n(c1=O)CC1CC2CN(C(=O)c2cccnc2)C1. The highest BCUT2D eigenvalue weighted by atomic mass is 16.2. The number of aromatic nitrogens is 2. The number of amides is 3. The zero-order valence-electron chi connectivity index (χ0n) is 17.4. The van der Waals surface area contributed by atoms with Gasteiger partial charge in [-0.3, -0.25) is 14.6 Å². The van der Waals surface area contributed by atoms with Crippen LogP contribution in [0.2, 0.25) is 0 Å². The van der Waals surface area contributed by atoms with Crippen LogP contribution in [0.5, 0.6) is 0 Å². The van der Waals surface area contributed by atoms with Crippen molar-refractivity contribution in [1.82, 2.24) is 14.5 Å². The minimum atomic E-state index is -0.460.